The molecule has 5 nitrogen and oxygen atoms in total. The fourth-order valence-corrected chi connectivity index (χ4v) is 4.96. The second-order valence-corrected chi connectivity index (χ2v) is 9.18. The number of anilines is 1. The summed E-state index contributed by atoms with van der Waals surface area (Å²) in [6.07, 6.45) is 2.06. The first-order valence-corrected chi connectivity index (χ1v) is 11.7. The number of dihydropyridines is 1. The number of allylic oxidation sites excluding steroid dienone is 3. The fourth-order valence-electron chi connectivity index (χ4n) is 4.10. The first-order chi connectivity index (χ1) is 15.5. The van der Waals surface area contributed by atoms with Crippen LogP contribution in [0.5, 0.6) is 0 Å². The molecule has 6 heteroatoms. The maximum Gasteiger partial charge on any atom is 0.234 e. The van der Waals surface area contributed by atoms with Crippen LogP contribution in [0.4, 0.5) is 5.69 Å². The second kappa shape index (κ2) is 9.46. The second-order valence-electron chi connectivity index (χ2n) is 8.20. The number of hydrogen-bond acceptors (Lipinski definition) is 5. The van der Waals surface area contributed by atoms with Gasteiger partial charge in [0, 0.05) is 23.4 Å². The van der Waals surface area contributed by atoms with Crippen molar-refractivity contribution in [2.24, 2.45) is 0 Å². The Kier molecular flexibility index (Phi) is 6.48. The number of rotatable bonds is 5. The Morgan fingerprint density at radius 2 is 1.75 bits per heavy atom. The summed E-state index contributed by atoms with van der Waals surface area (Å²) in [6, 6.07) is 17.9. The van der Waals surface area contributed by atoms with Crippen LogP contribution in [-0.2, 0) is 9.59 Å². The number of nitrogens with zero attached hydrogens (tertiary/aromatic N) is 1. The van der Waals surface area contributed by atoms with Crippen molar-refractivity contribution in [2.75, 3.05) is 11.1 Å². The van der Waals surface area contributed by atoms with Crippen LogP contribution in [0, 0.1) is 25.2 Å². The molecule has 2 aromatic carbocycles. The van der Waals surface area contributed by atoms with E-state index in [9.17, 15) is 14.9 Å². The lowest BCUT2D eigenvalue weighted by molar-refractivity contribution is -0.116. The molecule has 0 spiro atoms. The van der Waals surface area contributed by atoms with E-state index in [1.165, 1.54) is 11.8 Å². The molecule has 0 saturated carbocycles. The lowest BCUT2D eigenvalue weighted by Crippen LogP contribution is -2.31. The van der Waals surface area contributed by atoms with Crippen LogP contribution >= 0.6 is 11.8 Å². The van der Waals surface area contributed by atoms with Gasteiger partial charge in [0.1, 0.15) is 0 Å². The van der Waals surface area contributed by atoms with Crippen LogP contribution < -0.4 is 10.6 Å². The molecule has 0 unspecified atom stereocenters. The molecule has 1 aliphatic carbocycles. The Morgan fingerprint density at radius 3 is 2.41 bits per heavy atom. The van der Waals surface area contributed by atoms with E-state index < -0.39 is 5.92 Å². The van der Waals surface area contributed by atoms with Gasteiger partial charge in [-0.05, 0) is 44.4 Å². The summed E-state index contributed by atoms with van der Waals surface area (Å²) < 4.78 is 0. The van der Waals surface area contributed by atoms with Gasteiger partial charge >= 0.3 is 0 Å². The van der Waals surface area contributed by atoms with Crippen molar-refractivity contribution in [2.45, 2.75) is 39.0 Å². The zero-order valence-electron chi connectivity index (χ0n) is 18.2. The standard InChI is InChI=1S/C26H25N3O2S/c1-16-6-10-18(11-7-16)24-20(14-27)26(29-21-4-3-5-22(30)25(21)24)32-15-23(31)28-19-12-8-17(2)9-13-19/h6-13,24,29H,3-5,15H2,1-2H3,(H,28,31)/t24-/m0/s1. The van der Waals surface area contributed by atoms with Gasteiger partial charge in [-0.3, -0.25) is 9.59 Å². The highest BCUT2D eigenvalue weighted by Crippen LogP contribution is 2.44. The minimum absolute atomic E-state index is 0.0956. The molecule has 0 fully saturated rings. The number of benzene rings is 2. The molecule has 32 heavy (non-hydrogen) atoms. The van der Waals surface area contributed by atoms with E-state index in [-0.39, 0.29) is 17.4 Å². The predicted octanol–water partition coefficient (Wildman–Crippen LogP) is 5.10. The first-order valence-electron chi connectivity index (χ1n) is 10.7. The monoisotopic (exact) mass is 443 g/mol. The summed E-state index contributed by atoms with van der Waals surface area (Å²) in [5.74, 6) is -0.277. The molecule has 0 saturated heterocycles. The number of hydrogen-bond donors (Lipinski definition) is 2. The smallest absolute Gasteiger partial charge is 0.234 e. The molecule has 1 heterocycles. The number of amides is 1. The quantitative estimate of drug-likeness (QED) is 0.671. The van der Waals surface area contributed by atoms with Crippen molar-refractivity contribution in [1.82, 2.24) is 5.32 Å². The lowest BCUT2D eigenvalue weighted by atomic mass is 9.77. The molecule has 0 radical (unpaired) electrons. The molecule has 1 aliphatic heterocycles. The molecule has 0 aromatic heterocycles. The third-order valence-electron chi connectivity index (χ3n) is 5.76. The van der Waals surface area contributed by atoms with Crippen LogP contribution in [0.3, 0.4) is 0 Å². The summed E-state index contributed by atoms with van der Waals surface area (Å²) in [7, 11) is 0. The third kappa shape index (κ3) is 4.63. The van der Waals surface area contributed by atoms with E-state index in [1.807, 2.05) is 62.4 Å². The number of nitrogens with one attached hydrogen (secondary N) is 2. The van der Waals surface area contributed by atoms with Crippen molar-refractivity contribution >= 4 is 29.1 Å². The van der Waals surface area contributed by atoms with Gasteiger partial charge in [0.15, 0.2) is 5.78 Å². The van der Waals surface area contributed by atoms with Crippen LogP contribution in [0.2, 0.25) is 0 Å². The van der Waals surface area contributed by atoms with Crippen molar-refractivity contribution in [3.8, 4) is 6.07 Å². The van der Waals surface area contributed by atoms with E-state index in [4.69, 9.17) is 0 Å². The van der Waals surface area contributed by atoms with Gasteiger partial charge in [0.2, 0.25) is 5.91 Å². The average molecular weight is 444 g/mol. The molecule has 4 rings (SSSR count). The van der Waals surface area contributed by atoms with E-state index >= 15 is 0 Å². The van der Waals surface area contributed by atoms with Crippen LogP contribution in [-0.4, -0.2) is 17.4 Å². The number of carbonyl (C=O) groups is 2. The maximum absolute atomic E-state index is 12.8. The van der Waals surface area contributed by atoms with Crippen molar-refractivity contribution in [3.63, 3.8) is 0 Å². The molecule has 1 amide bonds. The van der Waals surface area contributed by atoms with Crippen molar-refractivity contribution in [1.29, 1.82) is 5.26 Å². The largest absolute Gasteiger partial charge is 0.352 e. The molecule has 1 atom stereocenters. The fraction of sp³-hybridized carbons (Fsp3) is 0.269. The Morgan fingerprint density at radius 1 is 1.09 bits per heavy atom. The molecule has 2 N–H and O–H groups in total. The van der Waals surface area contributed by atoms with Gasteiger partial charge in [0.25, 0.3) is 0 Å². The van der Waals surface area contributed by atoms with Crippen molar-refractivity contribution in [3.05, 3.63) is 87.1 Å². The lowest BCUT2D eigenvalue weighted by Gasteiger charge is -2.33. The number of ketones is 1. The van der Waals surface area contributed by atoms with Gasteiger partial charge in [-0.1, -0.05) is 59.3 Å². The zero-order chi connectivity index (χ0) is 22.7. The van der Waals surface area contributed by atoms with Crippen LogP contribution in [0.25, 0.3) is 0 Å². The number of aryl methyl sites for hydroxylation is 2. The van der Waals surface area contributed by atoms with E-state index in [0.717, 1.165) is 40.9 Å². The molecule has 2 aliphatic rings. The van der Waals surface area contributed by atoms with Gasteiger partial charge in [-0.2, -0.15) is 5.26 Å². The predicted molar refractivity (Wildman–Crippen MR) is 128 cm³/mol. The van der Waals surface area contributed by atoms with Gasteiger partial charge in [-0.15, -0.1) is 0 Å². The number of Topliss-reactive ketones (excluding diaryl/α,β-unsaturated/α-hetero) is 1. The molecule has 0 bridgehead atoms. The normalized spacial score (nSPS) is 18.0. The molecular formula is C26H25N3O2S. The van der Waals surface area contributed by atoms with Gasteiger partial charge in [0.05, 0.1) is 28.3 Å². The Labute approximate surface area is 192 Å². The van der Waals surface area contributed by atoms with Gasteiger partial charge in [-0.25, -0.2) is 0 Å². The minimum atomic E-state index is -0.396. The van der Waals surface area contributed by atoms with Crippen molar-refractivity contribution < 1.29 is 9.59 Å². The highest BCUT2D eigenvalue weighted by atomic mass is 32.2. The third-order valence-corrected chi connectivity index (χ3v) is 6.77. The van der Waals surface area contributed by atoms with E-state index in [2.05, 4.69) is 16.7 Å². The Bertz CT molecular complexity index is 1160. The van der Waals surface area contributed by atoms with Gasteiger partial charge < -0.3 is 10.6 Å². The Balaban J connectivity index is 1.60. The molecule has 162 valence electrons. The summed E-state index contributed by atoms with van der Waals surface area (Å²) in [4.78, 5) is 25.4. The van der Waals surface area contributed by atoms with E-state index in [1.54, 1.807) is 0 Å². The number of thioether (sulfide) groups is 1. The van der Waals surface area contributed by atoms with E-state index in [0.29, 0.717) is 22.6 Å². The average Bonchev–Trinajstić information content (AvgIpc) is 2.79. The summed E-state index contributed by atoms with van der Waals surface area (Å²) >= 11 is 1.31. The summed E-state index contributed by atoms with van der Waals surface area (Å²) in [5.41, 5.74) is 6.00. The minimum Gasteiger partial charge on any atom is -0.352 e. The maximum atomic E-state index is 12.8. The SMILES string of the molecule is Cc1ccc(NC(=O)CSC2=C(C#N)[C@H](c3ccc(C)cc3)C3=C(CCCC3=O)N2)cc1. The summed E-state index contributed by atoms with van der Waals surface area (Å²) in [5, 5.41) is 16.9. The Hall–Kier alpha value is -3.30. The highest BCUT2D eigenvalue weighted by Gasteiger charge is 2.37. The zero-order valence-corrected chi connectivity index (χ0v) is 19.0. The number of nitriles is 1. The summed E-state index contributed by atoms with van der Waals surface area (Å²) in [6.45, 7) is 4.01. The number of carbonyl (C=O) groups excluding carboxylic acids is 2. The molecule has 2 aromatic rings. The first kappa shape index (κ1) is 21.9. The topological polar surface area (TPSA) is 82.0 Å². The van der Waals surface area contributed by atoms with Crippen LogP contribution in [0.1, 0.15) is 41.9 Å². The molecular weight excluding hydrogens is 418 g/mol. The highest BCUT2D eigenvalue weighted by molar-refractivity contribution is 8.03. The van der Waals surface area contributed by atoms with Crippen LogP contribution in [0.15, 0.2) is 70.4 Å².